The van der Waals surface area contributed by atoms with Crippen LogP contribution in [0.2, 0.25) is 0 Å². The summed E-state index contributed by atoms with van der Waals surface area (Å²) in [6.45, 7) is 2.09. The van der Waals surface area contributed by atoms with Crippen molar-refractivity contribution in [3.63, 3.8) is 0 Å². The highest BCUT2D eigenvalue weighted by atomic mass is 19.1. The van der Waals surface area contributed by atoms with Gasteiger partial charge in [0, 0.05) is 5.92 Å². The number of ether oxygens (including phenoxy) is 1. The summed E-state index contributed by atoms with van der Waals surface area (Å²) in [5.74, 6) is 0.149. The minimum Gasteiger partial charge on any atom is -0.493 e. The van der Waals surface area contributed by atoms with Crippen molar-refractivity contribution in [3.8, 4) is 5.75 Å². The molecule has 0 bridgehead atoms. The van der Waals surface area contributed by atoms with Crippen LogP contribution in [0.1, 0.15) is 6.92 Å². The van der Waals surface area contributed by atoms with Gasteiger partial charge in [-0.25, -0.2) is 4.39 Å². The van der Waals surface area contributed by atoms with Gasteiger partial charge in [0.2, 0.25) is 0 Å². The summed E-state index contributed by atoms with van der Waals surface area (Å²) in [5.41, 5.74) is 0. The number of carbonyl (C=O) groups is 1. The highest BCUT2D eigenvalue weighted by Crippen LogP contribution is 2.11. The van der Waals surface area contributed by atoms with Gasteiger partial charge in [-0.1, -0.05) is 6.92 Å². The summed E-state index contributed by atoms with van der Waals surface area (Å²) in [6.07, 6.45) is 0.823. The van der Waals surface area contributed by atoms with E-state index in [-0.39, 0.29) is 11.7 Å². The van der Waals surface area contributed by atoms with Crippen LogP contribution in [0.5, 0.6) is 5.75 Å². The van der Waals surface area contributed by atoms with Crippen LogP contribution in [-0.4, -0.2) is 12.9 Å². The molecule has 0 N–H and O–H groups in total. The Morgan fingerprint density at radius 3 is 2.62 bits per heavy atom. The third-order valence-corrected chi connectivity index (χ3v) is 1.56. The summed E-state index contributed by atoms with van der Waals surface area (Å²) in [4.78, 5) is 10.2. The zero-order valence-electron chi connectivity index (χ0n) is 7.37. The number of halogens is 1. The smallest absolute Gasteiger partial charge is 0.126 e. The molecule has 3 heteroatoms. The van der Waals surface area contributed by atoms with Crippen molar-refractivity contribution < 1.29 is 13.9 Å². The molecule has 70 valence electrons. The molecule has 0 aliphatic rings. The first-order valence-corrected chi connectivity index (χ1v) is 4.06. The number of hydrogen-bond acceptors (Lipinski definition) is 2. The van der Waals surface area contributed by atoms with Gasteiger partial charge in [-0.15, -0.1) is 0 Å². The number of aldehydes is 1. The maximum Gasteiger partial charge on any atom is 0.126 e. The predicted molar refractivity (Wildman–Crippen MR) is 47.1 cm³/mol. The van der Waals surface area contributed by atoms with Crippen LogP contribution in [0.15, 0.2) is 24.3 Å². The van der Waals surface area contributed by atoms with Crippen molar-refractivity contribution in [2.75, 3.05) is 6.61 Å². The second-order valence-corrected chi connectivity index (χ2v) is 2.88. The maximum absolute atomic E-state index is 12.4. The van der Waals surface area contributed by atoms with Gasteiger partial charge in [-0.3, -0.25) is 0 Å². The van der Waals surface area contributed by atoms with E-state index in [4.69, 9.17) is 4.74 Å². The van der Waals surface area contributed by atoms with Crippen molar-refractivity contribution in [1.82, 2.24) is 0 Å². The molecule has 1 aromatic rings. The topological polar surface area (TPSA) is 26.3 Å². The normalized spacial score (nSPS) is 12.2. The molecule has 0 radical (unpaired) electrons. The molecule has 0 saturated heterocycles. The Labute approximate surface area is 76.3 Å². The number of rotatable bonds is 4. The summed E-state index contributed by atoms with van der Waals surface area (Å²) in [7, 11) is 0. The molecule has 1 aromatic carbocycles. The molecule has 0 spiro atoms. The summed E-state index contributed by atoms with van der Waals surface area (Å²) < 4.78 is 17.7. The molecule has 1 rings (SSSR count). The van der Waals surface area contributed by atoms with Gasteiger partial charge in [-0.05, 0) is 24.3 Å². The molecular weight excluding hydrogens is 171 g/mol. The van der Waals surface area contributed by atoms with Gasteiger partial charge in [-0.2, -0.15) is 0 Å². The summed E-state index contributed by atoms with van der Waals surface area (Å²) in [6, 6.07) is 5.71. The molecular formula is C10H11FO2. The molecule has 0 aliphatic carbocycles. The van der Waals surface area contributed by atoms with Crippen molar-refractivity contribution in [2.24, 2.45) is 5.92 Å². The van der Waals surface area contributed by atoms with Gasteiger partial charge in [0.15, 0.2) is 0 Å². The van der Waals surface area contributed by atoms with Crippen LogP contribution in [-0.2, 0) is 4.79 Å². The Morgan fingerprint density at radius 2 is 2.08 bits per heavy atom. The molecule has 0 aromatic heterocycles. The Balaban J connectivity index is 2.45. The Morgan fingerprint density at radius 1 is 1.46 bits per heavy atom. The van der Waals surface area contributed by atoms with E-state index in [0.717, 1.165) is 6.29 Å². The third-order valence-electron chi connectivity index (χ3n) is 1.56. The first-order valence-electron chi connectivity index (χ1n) is 4.06. The monoisotopic (exact) mass is 182 g/mol. The fourth-order valence-corrected chi connectivity index (χ4v) is 0.798. The average Bonchev–Trinajstić information content (AvgIpc) is 2.16. The minimum atomic E-state index is -0.296. The molecule has 0 saturated carbocycles. The van der Waals surface area contributed by atoms with Crippen LogP contribution in [0.25, 0.3) is 0 Å². The van der Waals surface area contributed by atoms with Crippen LogP contribution < -0.4 is 4.74 Å². The van der Waals surface area contributed by atoms with Gasteiger partial charge in [0.25, 0.3) is 0 Å². The van der Waals surface area contributed by atoms with Gasteiger partial charge in [0.1, 0.15) is 17.9 Å². The molecule has 13 heavy (non-hydrogen) atoms. The average molecular weight is 182 g/mol. The molecule has 2 nitrogen and oxygen atoms in total. The van der Waals surface area contributed by atoms with Crippen LogP contribution in [0.3, 0.4) is 0 Å². The lowest BCUT2D eigenvalue weighted by molar-refractivity contribution is -0.111. The lowest BCUT2D eigenvalue weighted by atomic mass is 10.2. The van der Waals surface area contributed by atoms with E-state index in [1.165, 1.54) is 24.3 Å². The Bertz CT molecular complexity index is 269. The van der Waals surface area contributed by atoms with Crippen molar-refractivity contribution in [1.29, 1.82) is 0 Å². The fraction of sp³-hybridized carbons (Fsp3) is 0.300. The lowest BCUT2D eigenvalue weighted by Crippen LogP contribution is -2.09. The Hall–Kier alpha value is -1.38. The highest BCUT2D eigenvalue weighted by molar-refractivity contribution is 5.52. The standard InChI is InChI=1S/C10H11FO2/c1-8(6-12)7-13-10-4-2-9(11)3-5-10/h2-6,8H,7H2,1H3. The van der Waals surface area contributed by atoms with Gasteiger partial charge < -0.3 is 9.53 Å². The summed E-state index contributed by atoms with van der Waals surface area (Å²) in [5, 5.41) is 0. The second-order valence-electron chi connectivity index (χ2n) is 2.88. The fourth-order valence-electron chi connectivity index (χ4n) is 0.798. The van der Waals surface area contributed by atoms with Crippen molar-refractivity contribution in [2.45, 2.75) is 6.92 Å². The quantitative estimate of drug-likeness (QED) is 0.666. The van der Waals surface area contributed by atoms with E-state index in [1.807, 2.05) is 0 Å². The predicted octanol–water partition coefficient (Wildman–Crippen LogP) is 2.04. The maximum atomic E-state index is 12.4. The number of hydrogen-bond donors (Lipinski definition) is 0. The van der Waals surface area contributed by atoms with Crippen LogP contribution in [0, 0.1) is 11.7 Å². The summed E-state index contributed by atoms with van der Waals surface area (Å²) >= 11 is 0. The zero-order valence-corrected chi connectivity index (χ0v) is 7.37. The zero-order chi connectivity index (χ0) is 9.68. The third kappa shape index (κ3) is 3.23. The highest BCUT2D eigenvalue weighted by Gasteiger charge is 2.00. The molecule has 0 heterocycles. The van der Waals surface area contributed by atoms with Crippen molar-refractivity contribution >= 4 is 6.29 Å². The lowest BCUT2D eigenvalue weighted by Gasteiger charge is -2.06. The first-order chi connectivity index (χ1) is 6.22. The SMILES string of the molecule is CC(C=O)COc1ccc(F)cc1. The van der Waals surface area contributed by atoms with E-state index < -0.39 is 0 Å². The van der Waals surface area contributed by atoms with E-state index in [2.05, 4.69) is 0 Å². The Kier molecular flexibility index (Phi) is 3.43. The molecule has 1 atom stereocenters. The molecule has 0 aliphatic heterocycles. The molecule has 0 amide bonds. The largest absolute Gasteiger partial charge is 0.493 e. The van der Waals surface area contributed by atoms with Gasteiger partial charge >= 0.3 is 0 Å². The van der Waals surface area contributed by atoms with E-state index >= 15 is 0 Å². The van der Waals surface area contributed by atoms with E-state index in [0.29, 0.717) is 12.4 Å². The second kappa shape index (κ2) is 4.60. The first kappa shape index (κ1) is 9.71. The molecule has 0 fully saturated rings. The van der Waals surface area contributed by atoms with Gasteiger partial charge in [0.05, 0.1) is 6.61 Å². The van der Waals surface area contributed by atoms with Crippen LogP contribution >= 0.6 is 0 Å². The van der Waals surface area contributed by atoms with E-state index in [9.17, 15) is 9.18 Å². The van der Waals surface area contributed by atoms with Crippen LogP contribution in [0.4, 0.5) is 4.39 Å². The number of carbonyl (C=O) groups excluding carboxylic acids is 1. The van der Waals surface area contributed by atoms with Crippen molar-refractivity contribution in [3.05, 3.63) is 30.1 Å². The van der Waals surface area contributed by atoms with E-state index in [1.54, 1.807) is 6.92 Å². The number of benzene rings is 1. The minimum absolute atomic E-state index is 0.134. The molecule has 1 unspecified atom stereocenters.